The lowest BCUT2D eigenvalue weighted by atomic mass is 9.39. The lowest BCUT2D eigenvalue weighted by molar-refractivity contribution is -0.339. The third-order valence-electron chi connectivity index (χ3n) is 10.3. The number of hydrogen-bond donors (Lipinski definition) is 2. The third-order valence-corrected chi connectivity index (χ3v) is 10.3. The van der Waals surface area contributed by atoms with Crippen LogP contribution >= 0.6 is 0 Å². The standard InChI is InChI=1S/C32H38O11/c1-17(33)41-16-31(4)23(43-28(36)19-9-7-6-8-10-19)11-13-30(3)21-15-22-20(12-14-40-22)24(29(37)39-5)25(21)26(42-18(2)34)27(35)32(30,31)38/h6-10,12,14,21,23-27,35,38H,11,13,15-16H2,1-5H3. The Morgan fingerprint density at radius 3 is 2.35 bits per heavy atom. The number of aliphatic hydroxyl groups is 2. The zero-order valence-electron chi connectivity index (χ0n) is 24.9. The van der Waals surface area contributed by atoms with Crippen LogP contribution < -0.4 is 0 Å². The van der Waals surface area contributed by atoms with Gasteiger partial charge in [0.1, 0.15) is 36.3 Å². The number of carbonyl (C=O) groups excluding carboxylic acids is 4. The van der Waals surface area contributed by atoms with Gasteiger partial charge in [0.15, 0.2) is 0 Å². The van der Waals surface area contributed by atoms with Crippen LogP contribution in [0.4, 0.5) is 0 Å². The number of benzene rings is 1. The maximum atomic E-state index is 13.3. The molecule has 11 heteroatoms. The van der Waals surface area contributed by atoms with E-state index in [-0.39, 0.29) is 19.3 Å². The summed E-state index contributed by atoms with van der Waals surface area (Å²) in [7, 11) is 1.26. The molecule has 2 fully saturated rings. The summed E-state index contributed by atoms with van der Waals surface area (Å²) in [6, 6.07) is 10.0. The van der Waals surface area contributed by atoms with Crippen molar-refractivity contribution in [3.63, 3.8) is 0 Å². The molecule has 2 saturated carbocycles. The molecule has 1 aromatic heterocycles. The number of ether oxygens (including phenoxy) is 4. The second kappa shape index (κ2) is 11.1. The Morgan fingerprint density at radius 1 is 1.02 bits per heavy atom. The molecule has 0 amide bonds. The minimum atomic E-state index is -2.15. The Morgan fingerprint density at radius 2 is 1.72 bits per heavy atom. The smallest absolute Gasteiger partial charge is 0.338 e. The van der Waals surface area contributed by atoms with Crippen LogP contribution in [0.1, 0.15) is 68.1 Å². The molecule has 0 bridgehead atoms. The first-order valence-electron chi connectivity index (χ1n) is 14.4. The zero-order valence-corrected chi connectivity index (χ0v) is 24.9. The summed E-state index contributed by atoms with van der Waals surface area (Å²) in [4.78, 5) is 51.1. The Balaban J connectivity index is 1.67. The number of hydrogen-bond acceptors (Lipinski definition) is 11. The molecule has 0 saturated heterocycles. The van der Waals surface area contributed by atoms with Gasteiger partial charge in [-0.3, -0.25) is 14.4 Å². The Kier molecular flexibility index (Phi) is 7.93. The number of fused-ring (bicyclic) bond motifs is 4. The highest BCUT2D eigenvalue weighted by molar-refractivity contribution is 5.89. The van der Waals surface area contributed by atoms with E-state index in [1.807, 2.05) is 0 Å². The molecule has 1 heterocycles. The Hall–Kier alpha value is -3.70. The molecule has 3 aliphatic rings. The number of rotatable bonds is 6. The second-order valence-electron chi connectivity index (χ2n) is 12.4. The SMILES string of the molecule is COC(=O)C1c2ccoc2CC2C1C(OC(C)=O)C(O)C1(O)C(C)(COC(C)=O)C(OC(=O)c3ccccc3)CCC21C. The van der Waals surface area contributed by atoms with Gasteiger partial charge >= 0.3 is 23.9 Å². The quantitative estimate of drug-likeness (QED) is 0.372. The van der Waals surface area contributed by atoms with Crippen molar-refractivity contribution in [2.24, 2.45) is 22.7 Å². The van der Waals surface area contributed by atoms with Gasteiger partial charge in [-0.1, -0.05) is 25.1 Å². The molecule has 5 rings (SSSR count). The van der Waals surface area contributed by atoms with E-state index >= 15 is 0 Å². The van der Waals surface area contributed by atoms with E-state index in [4.69, 9.17) is 23.4 Å². The molecule has 9 unspecified atom stereocenters. The number of methoxy groups -OCH3 is 1. The van der Waals surface area contributed by atoms with Crippen molar-refractivity contribution in [2.75, 3.05) is 13.7 Å². The first-order valence-corrected chi connectivity index (χ1v) is 14.4. The maximum Gasteiger partial charge on any atom is 0.338 e. The van der Waals surface area contributed by atoms with Crippen LogP contribution in [-0.2, 0) is 39.8 Å². The zero-order chi connectivity index (χ0) is 31.3. The van der Waals surface area contributed by atoms with E-state index in [1.165, 1.54) is 27.2 Å². The van der Waals surface area contributed by atoms with E-state index in [0.29, 0.717) is 16.9 Å². The Bertz CT molecular complexity index is 1400. The van der Waals surface area contributed by atoms with Gasteiger partial charge in [-0.05, 0) is 43.9 Å². The average Bonchev–Trinajstić information content (AvgIpc) is 3.46. The van der Waals surface area contributed by atoms with Gasteiger partial charge < -0.3 is 33.6 Å². The van der Waals surface area contributed by atoms with Gasteiger partial charge in [-0.15, -0.1) is 0 Å². The molecule has 0 spiro atoms. The number of aliphatic hydroxyl groups excluding tert-OH is 1. The van der Waals surface area contributed by atoms with Crippen molar-refractivity contribution in [1.29, 1.82) is 0 Å². The maximum absolute atomic E-state index is 13.3. The highest BCUT2D eigenvalue weighted by Crippen LogP contribution is 2.68. The van der Waals surface area contributed by atoms with Crippen molar-refractivity contribution < 1.29 is 52.8 Å². The molecule has 232 valence electrons. The van der Waals surface area contributed by atoms with E-state index in [9.17, 15) is 29.4 Å². The minimum Gasteiger partial charge on any atom is -0.469 e. The largest absolute Gasteiger partial charge is 0.469 e. The van der Waals surface area contributed by atoms with Gasteiger partial charge in [0, 0.05) is 37.2 Å². The summed E-state index contributed by atoms with van der Waals surface area (Å²) in [6.07, 6.45) is -1.93. The van der Waals surface area contributed by atoms with Crippen molar-refractivity contribution in [1.82, 2.24) is 0 Å². The summed E-state index contributed by atoms with van der Waals surface area (Å²) < 4.78 is 28.2. The van der Waals surface area contributed by atoms with E-state index in [1.54, 1.807) is 50.2 Å². The first-order chi connectivity index (χ1) is 20.3. The Labute approximate surface area is 249 Å². The van der Waals surface area contributed by atoms with Gasteiger partial charge in [0.05, 0.1) is 30.3 Å². The molecular formula is C32H38O11. The third kappa shape index (κ3) is 4.64. The lowest BCUT2D eigenvalue weighted by Gasteiger charge is -2.69. The molecule has 11 nitrogen and oxygen atoms in total. The molecular weight excluding hydrogens is 560 g/mol. The van der Waals surface area contributed by atoms with Gasteiger partial charge in [0.2, 0.25) is 0 Å². The van der Waals surface area contributed by atoms with Gasteiger partial charge in [-0.25, -0.2) is 4.79 Å². The van der Waals surface area contributed by atoms with Crippen molar-refractivity contribution in [2.45, 2.75) is 76.8 Å². The van der Waals surface area contributed by atoms with Crippen LogP contribution in [0.3, 0.4) is 0 Å². The van der Waals surface area contributed by atoms with Crippen LogP contribution in [0, 0.1) is 22.7 Å². The van der Waals surface area contributed by atoms with Crippen LogP contribution in [0.15, 0.2) is 47.1 Å². The van der Waals surface area contributed by atoms with E-state index in [2.05, 4.69) is 0 Å². The van der Waals surface area contributed by atoms with Crippen LogP contribution in [0.5, 0.6) is 0 Å². The number of carbonyl (C=O) groups is 4. The molecule has 0 radical (unpaired) electrons. The topological polar surface area (TPSA) is 159 Å². The fraction of sp³-hybridized carbons (Fsp3) is 0.562. The first kappa shape index (κ1) is 30.7. The summed E-state index contributed by atoms with van der Waals surface area (Å²) >= 11 is 0. The minimum absolute atomic E-state index is 0.247. The van der Waals surface area contributed by atoms with Crippen LogP contribution in [0.2, 0.25) is 0 Å². The molecule has 43 heavy (non-hydrogen) atoms. The molecule has 9 atom stereocenters. The number of esters is 4. The molecule has 3 aliphatic carbocycles. The summed E-state index contributed by atoms with van der Waals surface area (Å²) in [5, 5.41) is 25.3. The predicted molar refractivity (Wildman–Crippen MR) is 148 cm³/mol. The van der Waals surface area contributed by atoms with E-state index < -0.39 is 83.0 Å². The normalized spacial score (nSPS) is 36.3. The fourth-order valence-corrected chi connectivity index (χ4v) is 8.23. The average molecular weight is 599 g/mol. The van der Waals surface area contributed by atoms with Crippen LogP contribution in [-0.4, -0.2) is 71.7 Å². The van der Waals surface area contributed by atoms with E-state index in [0.717, 1.165) is 0 Å². The lowest BCUT2D eigenvalue weighted by Crippen LogP contribution is -2.80. The summed E-state index contributed by atoms with van der Waals surface area (Å²) in [5.74, 6) is -4.38. The fourth-order valence-electron chi connectivity index (χ4n) is 8.23. The highest BCUT2D eigenvalue weighted by Gasteiger charge is 2.77. The van der Waals surface area contributed by atoms with Crippen LogP contribution in [0.25, 0.3) is 0 Å². The molecule has 2 aromatic rings. The van der Waals surface area contributed by atoms with Crippen molar-refractivity contribution >= 4 is 23.9 Å². The molecule has 2 N–H and O–H groups in total. The van der Waals surface area contributed by atoms with Crippen molar-refractivity contribution in [3.8, 4) is 0 Å². The predicted octanol–water partition coefficient (Wildman–Crippen LogP) is 2.96. The molecule has 0 aliphatic heterocycles. The second-order valence-corrected chi connectivity index (χ2v) is 12.4. The van der Waals surface area contributed by atoms with Gasteiger partial charge in [-0.2, -0.15) is 0 Å². The molecule has 1 aromatic carbocycles. The van der Waals surface area contributed by atoms with Crippen molar-refractivity contribution in [3.05, 3.63) is 59.5 Å². The summed E-state index contributed by atoms with van der Waals surface area (Å²) in [6.45, 7) is 5.40. The summed E-state index contributed by atoms with van der Waals surface area (Å²) in [5.41, 5.74) is -4.04. The number of furan rings is 1. The monoisotopic (exact) mass is 598 g/mol. The highest BCUT2D eigenvalue weighted by atomic mass is 16.6. The van der Waals surface area contributed by atoms with Gasteiger partial charge in [0.25, 0.3) is 0 Å².